The molecule has 0 radical (unpaired) electrons. The molecule has 30 heavy (non-hydrogen) atoms. The van der Waals surface area contributed by atoms with Gasteiger partial charge >= 0.3 is 0 Å². The van der Waals surface area contributed by atoms with E-state index in [1.807, 2.05) is 66.7 Å². The Balaban J connectivity index is 1.44. The summed E-state index contributed by atoms with van der Waals surface area (Å²) >= 11 is 0. The van der Waals surface area contributed by atoms with Gasteiger partial charge < -0.3 is 4.74 Å². The van der Waals surface area contributed by atoms with Gasteiger partial charge in [0.15, 0.2) is 0 Å². The molecule has 3 aromatic carbocycles. The first-order valence-electron chi connectivity index (χ1n) is 10.8. The fourth-order valence-electron chi connectivity index (χ4n) is 4.45. The van der Waals surface area contributed by atoms with Crippen molar-refractivity contribution in [3.63, 3.8) is 0 Å². The Bertz CT molecular complexity index is 1220. The van der Waals surface area contributed by atoms with Crippen LogP contribution in [0.4, 0.5) is 0 Å². The lowest BCUT2D eigenvalue weighted by Gasteiger charge is -2.26. The van der Waals surface area contributed by atoms with Gasteiger partial charge in [-0.15, -0.1) is 0 Å². The molecule has 1 aromatic heterocycles. The Labute approximate surface area is 176 Å². The summed E-state index contributed by atoms with van der Waals surface area (Å²) in [6, 6.07) is 23.8. The van der Waals surface area contributed by atoms with E-state index in [9.17, 15) is 4.79 Å². The van der Waals surface area contributed by atoms with E-state index in [4.69, 9.17) is 4.74 Å². The maximum absolute atomic E-state index is 13.3. The zero-order valence-electron chi connectivity index (χ0n) is 17.1. The van der Waals surface area contributed by atoms with Crippen molar-refractivity contribution in [3.05, 3.63) is 83.2 Å². The number of ether oxygens (including phenoxy) is 1. The summed E-state index contributed by atoms with van der Waals surface area (Å²) in [5, 5.41) is 2.81. The fraction of sp³-hybridized carbons (Fsp3) is 0.269. The third-order valence-electron chi connectivity index (χ3n) is 6.02. The van der Waals surface area contributed by atoms with Gasteiger partial charge in [-0.1, -0.05) is 42.8 Å². The van der Waals surface area contributed by atoms with Crippen LogP contribution in [0.15, 0.2) is 77.6 Å². The van der Waals surface area contributed by atoms with E-state index < -0.39 is 0 Å². The number of likely N-dealkylation sites (tertiary alicyclic amines) is 1. The summed E-state index contributed by atoms with van der Waals surface area (Å²) in [4.78, 5) is 15.8. The molecule has 1 saturated heterocycles. The van der Waals surface area contributed by atoms with Crippen LogP contribution in [-0.4, -0.2) is 35.7 Å². The van der Waals surface area contributed by atoms with Crippen LogP contribution in [0.2, 0.25) is 0 Å². The van der Waals surface area contributed by atoms with Crippen molar-refractivity contribution in [2.75, 3.05) is 26.2 Å². The molecule has 0 spiro atoms. The van der Waals surface area contributed by atoms with Crippen LogP contribution in [0, 0.1) is 0 Å². The van der Waals surface area contributed by atoms with Crippen molar-refractivity contribution in [3.8, 4) is 11.4 Å². The normalized spacial score (nSPS) is 14.9. The van der Waals surface area contributed by atoms with Gasteiger partial charge in [-0.3, -0.25) is 14.3 Å². The van der Waals surface area contributed by atoms with Gasteiger partial charge in [-0.25, -0.2) is 0 Å². The van der Waals surface area contributed by atoms with Crippen molar-refractivity contribution < 1.29 is 4.74 Å². The largest absolute Gasteiger partial charge is 0.492 e. The number of aromatic nitrogens is 1. The third kappa shape index (κ3) is 3.59. The maximum atomic E-state index is 13.3. The third-order valence-corrected chi connectivity index (χ3v) is 6.02. The van der Waals surface area contributed by atoms with Crippen molar-refractivity contribution >= 4 is 21.7 Å². The number of para-hydroxylation sites is 1. The van der Waals surface area contributed by atoms with Crippen molar-refractivity contribution in [1.29, 1.82) is 0 Å². The van der Waals surface area contributed by atoms with E-state index in [1.165, 1.54) is 32.4 Å². The summed E-state index contributed by atoms with van der Waals surface area (Å²) in [5.74, 6) is 0.842. The molecule has 0 atom stereocenters. The summed E-state index contributed by atoms with van der Waals surface area (Å²) < 4.78 is 7.76. The molecular formula is C26H26N2O2. The Morgan fingerprint density at radius 2 is 1.40 bits per heavy atom. The average Bonchev–Trinajstić information content (AvgIpc) is 2.81. The predicted octanol–water partition coefficient (Wildman–Crippen LogP) is 5.01. The molecular weight excluding hydrogens is 372 g/mol. The van der Waals surface area contributed by atoms with Gasteiger partial charge in [0.2, 0.25) is 0 Å². The minimum absolute atomic E-state index is 0.00284. The number of hydrogen-bond acceptors (Lipinski definition) is 3. The predicted molar refractivity (Wildman–Crippen MR) is 123 cm³/mol. The number of nitrogens with zero attached hydrogens (tertiary/aromatic N) is 2. The molecule has 0 amide bonds. The number of piperidine rings is 1. The SMILES string of the molecule is O=c1c2ccccc2c2ccccc2n1-c1ccc(OCCN2CCCCC2)cc1. The number of hydrogen-bond donors (Lipinski definition) is 0. The quantitative estimate of drug-likeness (QED) is 0.443. The Morgan fingerprint density at radius 3 is 2.17 bits per heavy atom. The average molecular weight is 399 g/mol. The highest BCUT2D eigenvalue weighted by molar-refractivity contribution is 6.06. The molecule has 152 valence electrons. The fourth-order valence-corrected chi connectivity index (χ4v) is 4.45. The van der Waals surface area contributed by atoms with Crippen LogP contribution in [0.5, 0.6) is 5.75 Å². The molecule has 4 heteroatoms. The smallest absolute Gasteiger partial charge is 0.263 e. The zero-order chi connectivity index (χ0) is 20.3. The first kappa shape index (κ1) is 18.9. The van der Waals surface area contributed by atoms with E-state index in [1.54, 1.807) is 4.57 Å². The second-order valence-corrected chi connectivity index (χ2v) is 7.95. The number of rotatable bonds is 5. The van der Waals surface area contributed by atoms with Gasteiger partial charge in [0.1, 0.15) is 12.4 Å². The highest BCUT2D eigenvalue weighted by atomic mass is 16.5. The van der Waals surface area contributed by atoms with Crippen LogP contribution < -0.4 is 10.3 Å². The second-order valence-electron chi connectivity index (χ2n) is 7.95. The molecule has 2 heterocycles. The summed E-state index contributed by atoms with van der Waals surface area (Å²) in [6.45, 7) is 4.02. The topological polar surface area (TPSA) is 34.5 Å². The van der Waals surface area contributed by atoms with Gasteiger partial charge in [0.05, 0.1) is 5.52 Å². The second kappa shape index (κ2) is 8.33. The molecule has 4 aromatic rings. The van der Waals surface area contributed by atoms with Crippen LogP contribution >= 0.6 is 0 Å². The lowest BCUT2D eigenvalue weighted by Crippen LogP contribution is -2.33. The highest BCUT2D eigenvalue weighted by Gasteiger charge is 2.12. The van der Waals surface area contributed by atoms with Gasteiger partial charge in [0, 0.05) is 23.0 Å². The number of pyridine rings is 1. The summed E-state index contributed by atoms with van der Waals surface area (Å²) in [7, 11) is 0. The minimum atomic E-state index is 0.00284. The number of benzene rings is 3. The van der Waals surface area contributed by atoms with Crippen LogP contribution in [0.3, 0.4) is 0 Å². The van der Waals surface area contributed by atoms with E-state index >= 15 is 0 Å². The van der Waals surface area contributed by atoms with E-state index in [0.717, 1.165) is 39.7 Å². The molecule has 0 N–H and O–H groups in total. The maximum Gasteiger partial charge on any atom is 0.263 e. The van der Waals surface area contributed by atoms with Crippen LogP contribution in [0.1, 0.15) is 19.3 Å². The molecule has 1 aliphatic rings. The first-order chi connectivity index (χ1) is 14.8. The van der Waals surface area contributed by atoms with Gasteiger partial charge in [-0.2, -0.15) is 0 Å². The molecule has 0 unspecified atom stereocenters. The molecule has 1 fully saturated rings. The van der Waals surface area contributed by atoms with Crippen LogP contribution in [-0.2, 0) is 0 Å². The van der Waals surface area contributed by atoms with Gasteiger partial charge in [-0.05, 0) is 67.7 Å². The molecule has 5 rings (SSSR count). The minimum Gasteiger partial charge on any atom is -0.492 e. The van der Waals surface area contributed by atoms with E-state index in [2.05, 4.69) is 11.0 Å². The first-order valence-corrected chi connectivity index (χ1v) is 10.8. The highest BCUT2D eigenvalue weighted by Crippen LogP contribution is 2.25. The Morgan fingerprint density at radius 1 is 0.733 bits per heavy atom. The van der Waals surface area contributed by atoms with E-state index in [-0.39, 0.29) is 5.56 Å². The monoisotopic (exact) mass is 398 g/mol. The Hall–Kier alpha value is -3.11. The standard InChI is InChI=1S/C26H26N2O2/c29-26-24-10-3-2-8-22(24)23-9-4-5-11-25(23)28(26)20-12-14-21(15-13-20)30-19-18-27-16-6-1-7-17-27/h2-5,8-15H,1,6-7,16-19H2. The Kier molecular flexibility index (Phi) is 5.24. The molecule has 0 saturated carbocycles. The summed E-state index contributed by atoms with van der Waals surface area (Å²) in [5.41, 5.74) is 1.77. The number of fused-ring (bicyclic) bond motifs is 3. The van der Waals surface area contributed by atoms with Crippen molar-refractivity contribution in [1.82, 2.24) is 9.47 Å². The zero-order valence-corrected chi connectivity index (χ0v) is 17.1. The van der Waals surface area contributed by atoms with Crippen molar-refractivity contribution in [2.24, 2.45) is 0 Å². The molecule has 0 bridgehead atoms. The van der Waals surface area contributed by atoms with Gasteiger partial charge in [0.25, 0.3) is 5.56 Å². The van der Waals surface area contributed by atoms with Crippen LogP contribution in [0.25, 0.3) is 27.4 Å². The molecule has 4 nitrogen and oxygen atoms in total. The van der Waals surface area contributed by atoms with Crippen molar-refractivity contribution in [2.45, 2.75) is 19.3 Å². The summed E-state index contributed by atoms with van der Waals surface area (Å²) in [6.07, 6.45) is 3.94. The molecule has 1 aliphatic heterocycles. The molecule has 0 aliphatic carbocycles. The lowest BCUT2D eigenvalue weighted by atomic mass is 10.1. The van der Waals surface area contributed by atoms with E-state index in [0.29, 0.717) is 6.61 Å². The lowest BCUT2D eigenvalue weighted by molar-refractivity contribution is 0.183.